The highest BCUT2D eigenvalue weighted by molar-refractivity contribution is 5.76. The van der Waals surface area contributed by atoms with E-state index in [9.17, 15) is 0 Å². The standard InChI is InChI=1S/C11H14N2O/c1-11(2,7-12)9-4-3-8-6-13-14-10(8)5-9/h3-6H,7,12H2,1-2H3. The lowest BCUT2D eigenvalue weighted by Crippen LogP contribution is -2.27. The van der Waals surface area contributed by atoms with E-state index < -0.39 is 0 Å². The molecular formula is C11H14N2O. The molecule has 74 valence electrons. The van der Waals surface area contributed by atoms with Gasteiger partial charge in [0.2, 0.25) is 0 Å². The van der Waals surface area contributed by atoms with Gasteiger partial charge in [0.05, 0.1) is 6.20 Å². The van der Waals surface area contributed by atoms with Gasteiger partial charge in [-0.3, -0.25) is 0 Å². The number of nitrogens with zero attached hydrogens (tertiary/aromatic N) is 1. The summed E-state index contributed by atoms with van der Waals surface area (Å²) in [7, 11) is 0. The molecule has 1 aromatic carbocycles. The minimum Gasteiger partial charge on any atom is -0.356 e. The van der Waals surface area contributed by atoms with Crippen LogP contribution in [0.25, 0.3) is 11.0 Å². The Hall–Kier alpha value is -1.35. The van der Waals surface area contributed by atoms with Crippen molar-refractivity contribution in [1.29, 1.82) is 0 Å². The highest BCUT2D eigenvalue weighted by Gasteiger charge is 2.19. The van der Waals surface area contributed by atoms with E-state index in [-0.39, 0.29) is 5.41 Å². The molecule has 3 heteroatoms. The molecule has 0 aliphatic heterocycles. The smallest absolute Gasteiger partial charge is 0.167 e. The van der Waals surface area contributed by atoms with Gasteiger partial charge in [-0.1, -0.05) is 25.1 Å². The Labute approximate surface area is 82.9 Å². The lowest BCUT2D eigenvalue weighted by molar-refractivity contribution is 0.454. The monoisotopic (exact) mass is 190 g/mol. The summed E-state index contributed by atoms with van der Waals surface area (Å²) in [5.41, 5.74) is 7.71. The van der Waals surface area contributed by atoms with E-state index in [4.69, 9.17) is 10.3 Å². The first kappa shape index (κ1) is 9.21. The molecule has 0 unspecified atom stereocenters. The molecule has 0 fully saturated rings. The molecule has 1 heterocycles. The van der Waals surface area contributed by atoms with Crippen molar-refractivity contribution < 1.29 is 4.52 Å². The van der Waals surface area contributed by atoms with Crippen molar-refractivity contribution in [2.24, 2.45) is 5.73 Å². The number of hydrogen-bond donors (Lipinski definition) is 1. The fourth-order valence-corrected chi connectivity index (χ4v) is 1.40. The largest absolute Gasteiger partial charge is 0.356 e. The summed E-state index contributed by atoms with van der Waals surface area (Å²) in [5, 5.41) is 4.77. The molecule has 14 heavy (non-hydrogen) atoms. The SMILES string of the molecule is CC(C)(CN)c1ccc2cnoc2c1. The zero-order valence-electron chi connectivity index (χ0n) is 8.45. The van der Waals surface area contributed by atoms with Crippen LogP contribution in [0, 0.1) is 0 Å². The van der Waals surface area contributed by atoms with Gasteiger partial charge in [0.25, 0.3) is 0 Å². The third kappa shape index (κ3) is 1.40. The summed E-state index contributed by atoms with van der Waals surface area (Å²) in [6.07, 6.45) is 1.72. The summed E-state index contributed by atoms with van der Waals surface area (Å²) in [5.74, 6) is 0. The summed E-state index contributed by atoms with van der Waals surface area (Å²) < 4.78 is 5.11. The average molecular weight is 190 g/mol. The molecule has 0 atom stereocenters. The Morgan fingerprint density at radius 2 is 2.21 bits per heavy atom. The van der Waals surface area contributed by atoms with Gasteiger partial charge in [0.1, 0.15) is 0 Å². The first-order valence-corrected chi connectivity index (χ1v) is 4.68. The number of rotatable bonds is 2. The Balaban J connectivity index is 2.53. The molecule has 0 saturated carbocycles. The molecule has 0 radical (unpaired) electrons. The van der Waals surface area contributed by atoms with Gasteiger partial charge in [0.15, 0.2) is 5.58 Å². The van der Waals surface area contributed by atoms with Crippen molar-refractivity contribution in [3.63, 3.8) is 0 Å². The van der Waals surface area contributed by atoms with Gasteiger partial charge in [0, 0.05) is 17.3 Å². The average Bonchev–Trinajstić information content (AvgIpc) is 2.64. The Kier molecular flexibility index (Phi) is 2.04. The second kappa shape index (κ2) is 3.10. The molecule has 0 aliphatic carbocycles. The third-order valence-electron chi connectivity index (χ3n) is 2.65. The van der Waals surface area contributed by atoms with Crippen molar-refractivity contribution in [1.82, 2.24) is 5.16 Å². The number of fused-ring (bicyclic) bond motifs is 1. The van der Waals surface area contributed by atoms with Crippen LogP contribution in [-0.2, 0) is 5.41 Å². The highest BCUT2D eigenvalue weighted by atomic mass is 16.5. The van der Waals surface area contributed by atoms with E-state index in [1.165, 1.54) is 5.56 Å². The maximum atomic E-state index is 5.71. The van der Waals surface area contributed by atoms with Crippen molar-refractivity contribution in [2.75, 3.05) is 6.54 Å². The maximum absolute atomic E-state index is 5.71. The summed E-state index contributed by atoms with van der Waals surface area (Å²) in [4.78, 5) is 0. The molecule has 2 N–H and O–H groups in total. The molecule has 3 nitrogen and oxygen atoms in total. The fraction of sp³-hybridized carbons (Fsp3) is 0.364. The molecule has 0 bridgehead atoms. The molecule has 2 aromatic rings. The van der Waals surface area contributed by atoms with E-state index >= 15 is 0 Å². The lowest BCUT2D eigenvalue weighted by Gasteiger charge is -2.22. The molecule has 0 saturated heterocycles. The van der Waals surface area contributed by atoms with Crippen molar-refractivity contribution >= 4 is 11.0 Å². The van der Waals surface area contributed by atoms with Crippen LogP contribution in [0.2, 0.25) is 0 Å². The first-order chi connectivity index (χ1) is 6.63. The fourth-order valence-electron chi connectivity index (χ4n) is 1.40. The van der Waals surface area contributed by atoms with Crippen molar-refractivity contribution in [2.45, 2.75) is 19.3 Å². The predicted octanol–water partition coefficient (Wildman–Crippen LogP) is 2.06. The molecule has 0 aliphatic rings. The molecule has 0 amide bonds. The van der Waals surface area contributed by atoms with Crippen molar-refractivity contribution in [3.8, 4) is 0 Å². The van der Waals surface area contributed by atoms with E-state index in [0.717, 1.165) is 11.0 Å². The zero-order valence-corrected chi connectivity index (χ0v) is 8.45. The van der Waals surface area contributed by atoms with Crippen LogP contribution in [0.5, 0.6) is 0 Å². The van der Waals surface area contributed by atoms with Gasteiger partial charge < -0.3 is 10.3 Å². The van der Waals surface area contributed by atoms with Gasteiger partial charge in [-0.2, -0.15) is 0 Å². The van der Waals surface area contributed by atoms with Crippen LogP contribution in [-0.4, -0.2) is 11.7 Å². The lowest BCUT2D eigenvalue weighted by atomic mass is 9.84. The number of benzene rings is 1. The highest BCUT2D eigenvalue weighted by Crippen LogP contribution is 2.25. The van der Waals surface area contributed by atoms with Gasteiger partial charge in [-0.05, 0) is 17.7 Å². The molecule has 0 spiro atoms. The third-order valence-corrected chi connectivity index (χ3v) is 2.65. The second-order valence-electron chi connectivity index (χ2n) is 4.17. The Bertz CT molecular complexity index is 445. The minimum absolute atomic E-state index is 0.0129. The minimum atomic E-state index is -0.0129. The Morgan fingerprint density at radius 3 is 2.93 bits per heavy atom. The number of nitrogens with two attached hydrogens (primary N) is 1. The topological polar surface area (TPSA) is 52.0 Å². The molecule has 2 rings (SSSR count). The van der Waals surface area contributed by atoms with E-state index in [0.29, 0.717) is 6.54 Å². The Morgan fingerprint density at radius 1 is 1.43 bits per heavy atom. The summed E-state index contributed by atoms with van der Waals surface area (Å²) in [6, 6.07) is 6.10. The zero-order chi connectivity index (χ0) is 10.2. The maximum Gasteiger partial charge on any atom is 0.167 e. The van der Waals surface area contributed by atoms with Crippen LogP contribution in [0.1, 0.15) is 19.4 Å². The van der Waals surface area contributed by atoms with Crippen LogP contribution >= 0.6 is 0 Å². The van der Waals surface area contributed by atoms with E-state index in [2.05, 4.69) is 25.1 Å². The quantitative estimate of drug-likeness (QED) is 0.788. The van der Waals surface area contributed by atoms with E-state index in [1.807, 2.05) is 12.1 Å². The summed E-state index contributed by atoms with van der Waals surface area (Å²) >= 11 is 0. The van der Waals surface area contributed by atoms with Crippen molar-refractivity contribution in [3.05, 3.63) is 30.0 Å². The molecular weight excluding hydrogens is 176 g/mol. The van der Waals surface area contributed by atoms with Crippen LogP contribution < -0.4 is 5.73 Å². The summed E-state index contributed by atoms with van der Waals surface area (Å²) in [6.45, 7) is 4.85. The van der Waals surface area contributed by atoms with Gasteiger partial charge in [-0.15, -0.1) is 0 Å². The number of hydrogen-bond acceptors (Lipinski definition) is 3. The van der Waals surface area contributed by atoms with Gasteiger partial charge >= 0.3 is 0 Å². The molecule has 1 aromatic heterocycles. The normalized spacial score (nSPS) is 12.2. The van der Waals surface area contributed by atoms with Crippen LogP contribution in [0.3, 0.4) is 0 Å². The van der Waals surface area contributed by atoms with Crippen LogP contribution in [0.15, 0.2) is 28.9 Å². The second-order valence-corrected chi connectivity index (χ2v) is 4.17. The number of aromatic nitrogens is 1. The van der Waals surface area contributed by atoms with E-state index in [1.54, 1.807) is 6.20 Å². The predicted molar refractivity (Wildman–Crippen MR) is 56.1 cm³/mol. The van der Waals surface area contributed by atoms with Crippen LogP contribution in [0.4, 0.5) is 0 Å². The van der Waals surface area contributed by atoms with Gasteiger partial charge in [-0.25, -0.2) is 0 Å². The first-order valence-electron chi connectivity index (χ1n) is 4.68.